The van der Waals surface area contributed by atoms with Crippen molar-refractivity contribution < 1.29 is 8.78 Å². The Morgan fingerprint density at radius 2 is 1.08 bits per heavy atom. The van der Waals surface area contributed by atoms with E-state index in [1.165, 1.54) is 68.9 Å². The van der Waals surface area contributed by atoms with Crippen molar-refractivity contribution in [3.05, 3.63) is 105 Å². The molecular weight excluding hydrogens is 482 g/mol. The Balaban J connectivity index is 1.18. The van der Waals surface area contributed by atoms with E-state index in [1.807, 2.05) is 24.3 Å². The molecule has 0 spiro atoms. The lowest BCUT2D eigenvalue weighted by Crippen LogP contribution is -2.16. The van der Waals surface area contributed by atoms with Crippen molar-refractivity contribution in [2.24, 2.45) is 11.8 Å². The molecule has 0 saturated heterocycles. The van der Waals surface area contributed by atoms with Crippen LogP contribution in [0.3, 0.4) is 0 Å². The number of hydrogen-bond donors (Lipinski definition) is 0. The number of rotatable bonds is 12. The Morgan fingerprint density at radius 1 is 0.622 bits per heavy atom. The van der Waals surface area contributed by atoms with Gasteiger partial charge in [0.2, 0.25) is 0 Å². The van der Waals surface area contributed by atoms with Gasteiger partial charge >= 0.3 is 0 Å². The minimum absolute atomic E-state index is 0.190. The Morgan fingerprint density at radius 3 is 1.62 bits per heavy atom. The number of hydrogen-bond acceptors (Lipinski definition) is 0. The minimum Gasteiger partial charge on any atom is -0.207 e. The van der Waals surface area contributed by atoms with Crippen LogP contribution in [-0.2, 0) is 32.1 Å². The summed E-state index contributed by atoms with van der Waals surface area (Å²) in [6, 6.07) is 19.8. The van der Waals surface area contributed by atoms with Crippen LogP contribution in [0.1, 0.15) is 86.1 Å². The zero-order chi connectivity index (χ0) is 26.0. The molecule has 0 amide bonds. The van der Waals surface area contributed by atoms with E-state index in [0.717, 1.165) is 29.9 Å². The first-order valence-electron chi connectivity index (χ1n) is 14.3. The molecule has 0 N–H and O–H groups in total. The summed E-state index contributed by atoms with van der Waals surface area (Å²) < 4.78 is 29.5. The van der Waals surface area contributed by atoms with E-state index >= 15 is 0 Å². The molecule has 1 saturated carbocycles. The van der Waals surface area contributed by atoms with Crippen LogP contribution in [0, 0.1) is 23.5 Å². The first-order valence-corrected chi connectivity index (χ1v) is 14.7. The highest BCUT2D eigenvalue weighted by atomic mass is 35.5. The maximum Gasteiger partial charge on any atom is 0.129 e. The molecule has 0 nitrogen and oxygen atoms in total. The average molecular weight is 523 g/mol. The van der Waals surface area contributed by atoms with E-state index in [4.69, 9.17) is 11.6 Å². The lowest BCUT2D eigenvalue weighted by molar-refractivity contribution is 0.253. The van der Waals surface area contributed by atoms with Gasteiger partial charge in [0.15, 0.2) is 0 Å². The SMILES string of the molecule is CCCCc1ccc(CC[C@H]2CC[C@H](CCc3cc(F)c(CCc4ccc(Cl)cc4)c(F)c3)CC2)cc1. The van der Waals surface area contributed by atoms with E-state index in [9.17, 15) is 8.78 Å². The van der Waals surface area contributed by atoms with E-state index in [2.05, 4.69) is 31.2 Å². The summed E-state index contributed by atoms with van der Waals surface area (Å²) >= 11 is 5.92. The van der Waals surface area contributed by atoms with Gasteiger partial charge in [0, 0.05) is 10.6 Å². The number of unbranched alkanes of at least 4 members (excludes halogenated alkanes) is 1. The van der Waals surface area contributed by atoms with Gasteiger partial charge in [-0.15, -0.1) is 0 Å². The molecule has 3 heteroatoms. The monoisotopic (exact) mass is 522 g/mol. The van der Waals surface area contributed by atoms with Crippen molar-refractivity contribution in [1.29, 1.82) is 0 Å². The highest BCUT2D eigenvalue weighted by molar-refractivity contribution is 6.30. The third-order valence-electron chi connectivity index (χ3n) is 8.27. The summed E-state index contributed by atoms with van der Waals surface area (Å²) in [7, 11) is 0. The van der Waals surface area contributed by atoms with E-state index < -0.39 is 11.6 Å². The fourth-order valence-electron chi connectivity index (χ4n) is 5.76. The van der Waals surface area contributed by atoms with Crippen molar-refractivity contribution in [3.8, 4) is 0 Å². The van der Waals surface area contributed by atoms with Crippen molar-refractivity contribution >= 4 is 11.6 Å². The van der Waals surface area contributed by atoms with Gasteiger partial charge in [-0.05, 0) is 110 Å². The van der Waals surface area contributed by atoms with Gasteiger partial charge in [-0.2, -0.15) is 0 Å². The van der Waals surface area contributed by atoms with E-state index in [-0.39, 0.29) is 5.56 Å². The standard InChI is InChI=1S/C34H41ClF2/c1-2-3-4-25-5-7-26(8-6-25)9-10-27-11-13-28(14-12-27)15-16-30-23-33(36)32(34(37)24-30)22-19-29-17-20-31(35)21-18-29/h5-8,17-18,20-21,23-24,27-28H,2-4,9-16,19,22H2,1H3/t27-,28-. The summed E-state index contributed by atoms with van der Waals surface area (Å²) in [5.74, 6) is 0.660. The molecule has 0 unspecified atom stereocenters. The lowest BCUT2D eigenvalue weighted by atomic mass is 9.77. The van der Waals surface area contributed by atoms with Crippen LogP contribution in [0.25, 0.3) is 0 Å². The van der Waals surface area contributed by atoms with E-state index in [1.54, 1.807) is 12.1 Å². The van der Waals surface area contributed by atoms with Crippen LogP contribution in [-0.4, -0.2) is 0 Å². The molecule has 1 fully saturated rings. The summed E-state index contributed by atoms with van der Waals surface area (Å²) in [6.07, 6.45) is 13.9. The molecule has 1 aliphatic carbocycles. The minimum atomic E-state index is -0.411. The normalized spacial score (nSPS) is 17.7. The molecule has 0 radical (unpaired) electrons. The third-order valence-corrected chi connectivity index (χ3v) is 8.52. The number of halogens is 3. The van der Waals surface area contributed by atoms with Crippen molar-refractivity contribution in [1.82, 2.24) is 0 Å². The molecule has 3 aromatic carbocycles. The van der Waals surface area contributed by atoms with Crippen LogP contribution < -0.4 is 0 Å². The molecule has 198 valence electrons. The van der Waals surface area contributed by atoms with Crippen LogP contribution >= 0.6 is 11.6 Å². The summed E-state index contributed by atoms with van der Waals surface area (Å²) in [5.41, 5.74) is 4.93. The first-order chi connectivity index (χ1) is 18.0. The van der Waals surface area contributed by atoms with Crippen molar-refractivity contribution in [2.45, 2.75) is 90.4 Å². The van der Waals surface area contributed by atoms with Gasteiger partial charge in [0.25, 0.3) is 0 Å². The zero-order valence-corrected chi connectivity index (χ0v) is 23.0. The quantitative estimate of drug-likeness (QED) is 0.222. The maximum absolute atomic E-state index is 14.7. The van der Waals surface area contributed by atoms with Crippen molar-refractivity contribution in [3.63, 3.8) is 0 Å². The molecular formula is C34H41ClF2. The van der Waals surface area contributed by atoms with Gasteiger partial charge in [0.05, 0.1) is 0 Å². The topological polar surface area (TPSA) is 0 Å². The molecule has 37 heavy (non-hydrogen) atoms. The largest absolute Gasteiger partial charge is 0.207 e. The van der Waals surface area contributed by atoms with Crippen LogP contribution in [0.5, 0.6) is 0 Å². The highest BCUT2D eigenvalue weighted by Crippen LogP contribution is 2.34. The second-order valence-electron chi connectivity index (χ2n) is 11.0. The molecule has 0 aromatic heterocycles. The maximum atomic E-state index is 14.7. The van der Waals surface area contributed by atoms with Crippen molar-refractivity contribution in [2.75, 3.05) is 0 Å². The van der Waals surface area contributed by atoms with Gasteiger partial charge in [0.1, 0.15) is 11.6 Å². The third kappa shape index (κ3) is 8.67. The molecule has 0 heterocycles. The number of aryl methyl sites for hydroxylation is 4. The molecule has 4 rings (SSSR count). The Hall–Kier alpha value is -2.19. The molecule has 0 aliphatic heterocycles. The second-order valence-corrected chi connectivity index (χ2v) is 11.5. The van der Waals surface area contributed by atoms with E-state index in [0.29, 0.717) is 23.8 Å². The summed E-state index contributed by atoms with van der Waals surface area (Å²) in [4.78, 5) is 0. The van der Waals surface area contributed by atoms with Crippen LogP contribution in [0.15, 0.2) is 60.7 Å². The van der Waals surface area contributed by atoms with Gasteiger partial charge < -0.3 is 0 Å². The fraction of sp³-hybridized carbons (Fsp3) is 0.471. The fourth-order valence-corrected chi connectivity index (χ4v) is 5.89. The molecule has 0 atom stereocenters. The Kier molecular flexibility index (Phi) is 10.6. The van der Waals surface area contributed by atoms with Crippen LogP contribution in [0.4, 0.5) is 8.78 Å². The highest BCUT2D eigenvalue weighted by Gasteiger charge is 2.21. The molecule has 0 bridgehead atoms. The Bertz CT molecular complexity index is 1070. The van der Waals surface area contributed by atoms with Gasteiger partial charge in [-0.25, -0.2) is 8.78 Å². The van der Waals surface area contributed by atoms with Gasteiger partial charge in [-0.3, -0.25) is 0 Å². The van der Waals surface area contributed by atoms with Gasteiger partial charge in [-0.1, -0.05) is 87.0 Å². The smallest absolute Gasteiger partial charge is 0.129 e. The Labute approximate surface area is 227 Å². The average Bonchev–Trinajstić information content (AvgIpc) is 2.91. The molecule has 3 aromatic rings. The lowest BCUT2D eigenvalue weighted by Gasteiger charge is -2.28. The second kappa shape index (κ2) is 14.1. The zero-order valence-electron chi connectivity index (χ0n) is 22.3. The predicted octanol–water partition coefficient (Wildman–Crippen LogP) is 10.1. The summed E-state index contributed by atoms with van der Waals surface area (Å²) in [5, 5.41) is 0.669. The predicted molar refractivity (Wildman–Crippen MR) is 152 cm³/mol. The first kappa shape index (κ1) is 27.8. The number of benzene rings is 3. The molecule has 1 aliphatic rings. The summed E-state index contributed by atoms with van der Waals surface area (Å²) in [6.45, 7) is 2.24. The van der Waals surface area contributed by atoms with Crippen LogP contribution in [0.2, 0.25) is 5.02 Å².